The highest BCUT2D eigenvalue weighted by atomic mass is 79.9. The Labute approximate surface area is 117 Å². The van der Waals surface area contributed by atoms with Gasteiger partial charge in [0.25, 0.3) is 0 Å². The van der Waals surface area contributed by atoms with Crippen LogP contribution in [0.15, 0.2) is 47.2 Å². The van der Waals surface area contributed by atoms with Crippen molar-refractivity contribution >= 4 is 37.5 Å². The van der Waals surface area contributed by atoms with Crippen LogP contribution in [0.1, 0.15) is 5.01 Å². The summed E-state index contributed by atoms with van der Waals surface area (Å²) in [5.74, 6) is 0.739. The van der Waals surface area contributed by atoms with Gasteiger partial charge in [-0.15, -0.1) is 11.3 Å². The number of fused-ring (bicyclic) bond motifs is 1. The summed E-state index contributed by atoms with van der Waals surface area (Å²) in [6, 6.07) is 9.97. The molecule has 0 aliphatic heterocycles. The quantitative estimate of drug-likeness (QED) is 0.730. The van der Waals surface area contributed by atoms with Gasteiger partial charge in [-0.3, -0.25) is 4.98 Å². The Balaban J connectivity index is 1.76. The van der Waals surface area contributed by atoms with E-state index < -0.39 is 0 Å². The Morgan fingerprint density at radius 1 is 1.22 bits per heavy atom. The summed E-state index contributed by atoms with van der Waals surface area (Å²) in [5.41, 5.74) is 1.02. The molecule has 5 heteroatoms. The van der Waals surface area contributed by atoms with Crippen LogP contribution in [0.2, 0.25) is 0 Å². The molecule has 3 aromatic rings. The van der Waals surface area contributed by atoms with E-state index >= 15 is 0 Å². The van der Waals surface area contributed by atoms with Crippen LogP contribution in [0.4, 0.5) is 0 Å². The molecule has 0 atom stereocenters. The van der Waals surface area contributed by atoms with Gasteiger partial charge >= 0.3 is 0 Å². The number of pyridine rings is 1. The van der Waals surface area contributed by atoms with Crippen molar-refractivity contribution in [2.24, 2.45) is 0 Å². The fourth-order valence-electron chi connectivity index (χ4n) is 1.60. The molecule has 0 unspecified atom stereocenters. The van der Waals surface area contributed by atoms with Crippen LogP contribution in [0, 0.1) is 0 Å². The predicted molar refractivity (Wildman–Crippen MR) is 75.9 cm³/mol. The number of para-hydroxylation sites is 1. The monoisotopic (exact) mass is 320 g/mol. The largest absolute Gasteiger partial charge is 0.485 e. The van der Waals surface area contributed by atoms with Gasteiger partial charge in [-0.1, -0.05) is 12.1 Å². The zero-order valence-corrected chi connectivity index (χ0v) is 11.7. The first-order valence-corrected chi connectivity index (χ1v) is 7.00. The van der Waals surface area contributed by atoms with Crippen molar-refractivity contribution < 1.29 is 4.74 Å². The smallest absolute Gasteiger partial charge is 0.140 e. The van der Waals surface area contributed by atoms with Crippen molar-refractivity contribution in [3.8, 4) is 5.75 Å². The maximum atomic E-state index is 5.66. The molecule has 0 amide bonds. The molecule has 0 spiro atoms. The van der Waals surface area contributed by atoms with Gasteiger partial charge < -0.3 is 4.74 Å². The van der Waals surface area contributed by atoms with Gasteiger partial charge in [-0.2, -0.15) is 0 Å². The van der Waals surface area contributed by atoms with Gasteiger partial charge in [0.05, 0.1) is 16.4 Å². The number of nitrogens with zero attached hydrogens (tertiary/aromatic N) is 2. The summed E-state index contributed by atoms with van der Waals surface area (Å²) in [4.78, 5) is 8.56. The van der Waals surface area contributed by atoms with Crippen LogP contribution in [-0.4, -0.2) is 9.97 Å². The van der Waals surface area contributed by atoms with Gasteiger partial charge in [0.15, 0.2) is 0 Å². The van der Waals surface area contributed by atoms with E-state index in [9.17, 15) is 0 Å². The molecule has 0 aliphatic rings. The van der Waals surface area contributed by atoms with Crippen molar-refractivity contribution in [2.75, 3.05) is 0 Å². The number of ether oxygens (including phenoxy) is 1. The molecule has 2 aromatic heterocycles. The highest BCUT2D eigenvalue weighted by Crippen LogP contribution is 2.23. The topological polar surface area (TPSA) is 35.0 Å². The maximum Gasteiger partial charge on any atom is 0.140 e. The summed E-state index contributed by atoms with van der Waals surface area (Å²) in [6.45, 7) is 0.470. The second kappa shape index (κ2) is 5.04. The van der Waals surface area contributed by atoms with Crippen LogP contribution < -0.4 is 4.74 Å². The summed E-state index contributed by atoms with van der Waals surface area (Å²) in [6.07, 6.45) is 3.42. The molecule has 0 fully saturated rings. The SMILES string of the molecule is Brc1cncc(OCc2nc3ccccc3s2)c1. The van der Waals surface area contributed by atoms with E-state index in [-0.39, 0.29) is 0 Å². The van der Waals surface area contributed by atoms with Crippen LogP contribution in [-0.2, 0) is 6.61 Å². The Morgan fingerprint density at radius 3 is 2.94 bits per heavy atom. The molecule has 0 aliphatic carbocycles. The standard InChI is InChI=1S/C13H9BrN2OS/c14-9-5-10(7-15-6-9)17-8-13-16-11-3-1-2-4-12(11)18-13/h1-7H,8H2. The first-order valence-electron chi connectivity index (χ1n) is 5.39. The van der Waals surface area contributed by atoms with E-state index in [1.54, 1.807) is 23.7 Å². The number of hydrogen-bond donors (Lipinski definition) is 0. The normalized spacial score (nSPS) is 10.7. The molecule has 0 bridgehead atoms. The van der Waals surface area contributed by atoms with Crippen molar-refractivity contribution in [1.29, 1.82) is 0 Å². The lowest BCUT2D eigenvalue weighted by atomic mass is 10.3. The molecule has 3 nitrogen and oxygen atoms in total. The van der Waals surface area contributed by atoms with E-state index in [1.807, 2.05) is 24.3 Å². The van der Waals surface area contributed by atoms with Crippen LogP contribution in [0.3, 0.4) is 0 Å². The third-order valence-electron chi connectivity index (χ3n) is 2.38. The molecule has 0 N–H and O–H groups in total. The summed E-state index contributed by atoms with van der Waals surface area (Å²) in [7, 11) is 0. The number of aromatic nitrogens is 2. The second-order valence-electron chi connectivity index (χ2n) is 3.70. The molecule has 2 heterocycles. The lowest BCUT2D eigenvalue weighted by molar-refractivity contribution is 0.304. The summed E-state index contributed by atoms with van der Waals surface area (Å²) < 4.78 is 7.75. The first-order chi connectivity index (χ1) is 8.81. The minimum absolute atomic E-state index is 0.470. The minimum atomic E-state index is 0.470. The molecular weight excluding hydrogens is 312 g/mol. The Bertz CT molecular complexity index is 650. The number of rotatable bonds is 3. The lowest BCUT2D eigenvalue weighted by Crippen LogP contribution is -1.94. The molecule has 3 rings (SSSR count). The molecule has 0 radical (unpaired) electrons. The van der Waals surface area contributed by atoms with Crippen LogP contribution >= 0.6 is 27.3 Å². The molecule has 90 valence electrons. The fraction of sp³-hybridized carbons (Fsp3) is 0.0769. The highest BCUT2D eigenvalue weighted by Gasteiger charge is 2.04. The third kappa shape index (κ3) is 2.52. The highest BCUT2D eigenvalue weighted by molar-refractivity contribution is 9.10. The fourth-order valence-corrected chi connectivity index (χ4v) is 2.82. The summed E-state index contributed by atoms with van der Waals surface area (Å²) >= 11 is 5.01. The van der Waals surface area contributed by atoms with E-state index in [1.165, 1.54) is 4.70 Å². The number of thiazole rings is 1. The Morgan fingerprint density at radius 2 is 2.11 bits per heavy atom. The van der Waals surface area contributed by atoms with Crippen molar-refractivity contribution in [3.05, 3.63) is 52.2 Å². The number of hydrogen-bond acceptors (Lipinski definition) is 4. The lowest BCUT2D eigenvalue weighted by Gasteiger charge is -2.02. The van der Waals surface area contributed by atoms with Gasteiger partial charge in [0.1, 0.15) is 17.4 Å². The Kier molecular flexibility index (Phi) is 3.25. The molecule has 0 saturated heterocycles. The van der Waals surface area contributed by atoms with Crippen molar-refractivity contribution in [3.63, 3.8) is 0 Å². The van der Waals surface area contributed by atoms with Gasteiger partial charge in [0, 0.05) is 10.7 Å². The number of halogens is 1. The van der Waals surface area contributed by atoms with Crippen molar-refractivity contribution in [2.45, 2.75) is 6.61 Å². The summed E-state index contributed by atoms with van der Waals surface area (Å²) in [5, 5.41) is 0.969. The van der Waals surface area contributed by atoms with E-state index in [0.717, 1.165) is 20.7 Å². The van der Waals surface area contributed by atoms with E-state index in [0.29, 0.717) is 6.61 Å². The molecule has 0 saturated carbocycles. The zero-order valence-electron chi connectivity index (χ0n) is 9.34. The van der Waals surface area contributed by atoms with E-state index in [4.69, 9.17) is 4.74 Å². The third-order valence-corrected chi connectivity index (χ3v) is 3.82. The van der Waals surface area contributed by atoms with Crippen LogP contribution in [0.5, 0.6) is 5.75 Å². The minimum Gasteiger partial charge on any atom is -0.485 e. The molecular formula is C13H9BrN2OS. The number of benzene rings is 1. The van der Waals surface area contributed by atoms with Gasteiger partial charge in [0.2, 0.25) is 0 Å². The van der Waals surface area contributed by atoms with Gasteiger partial charge in [-0.25, -0.2) is 4.98 Å². The van der Waals surface area contributed by atoms with Gasteiger partial charge in [-0.05, 0) is 34.1 Å². The molecule has 18 heavy (non-hydrogen) atoms. The van der Waals surface area contributed by atoms with E-state index in [2.05, 4.69) is 32.0 Å². The zero-order chi connectivity index (χ0) is 12.4. The average Bonchev–Trinajstić information content (AvgIpc) is 2.79. The maximum absolute atomic E-state index is 5.66. The van der Waals surface area contributed by atoms with Crippen LogP contribution in [0.25, 0.3) is 10.2 Å². The predicted octanol–water partition coefficient (Wildman–Crippen LogP) is 4.03. The Hall–Kier alpha value is -1.46. The van der Waals surface area contributed by atoms with Crippen molar-refractivity contribution in [1.82, 2.24) is 9.97 Å². The average molecular weight is 321 g/mol. The first kappa shape index (κ1) is 11.6. The molecule has 1 aromatic carbocycles. The second-order valence-corrected chi connectivity index (χ2v) is 5.73.